The number of rotatable bonds is 3. The summed E-state index contributed by atoms with van der Waals surface area (Å²) in [4.78, 5) is 4.47. The molecule has 2 aliphatic rings. The van der Waals surface area contributed by atoms with Gasteiger partial charge >= 0.3 is 0 Å². The number of hydrogen-bond acceptors (Lipinski definition) is 5. The van der Waals surface area contributed by atoms with Gasteiger partial charge in [-0.25, -0.2) is 9.37 Å². The van der Waals surface area contributed by atoms with Gasteiger partial charge in [-0.3, -0.25) is 4.68 Å². The highest BCUT2D eigenvalue weighted by Gasteiger charge is 2.28. The van der Waals surface area contributed by atoms with Crippen molar-refractivity contribution in [2.24, 2.45) is 0 Å². The summed E-state index contributed by atoms with van der Waals surface area (Å²) in [6, 6.07) is 7.02. The highest BCUT2D eigenvalue weighted by molar-refractivity contribution is 6.31. The van der Waals surface area contributed by atoms with E-state index in [1.54, 1.807) is 18.3 Å². The molecule has 1 saturated heterocycles. The van der Waals surface area contributed by atoms with Crippen LogP contribution in [0.3, 0.4) is 0 Å². The molecule has 0 aliphatic carbocycles. The van der Waals surface area contributed by atoms with Crippen molar-refractivity contribution >= 4 is 17.4 Å². The van der Waals surface area contributed by atoms with Crippen LogP contribution in [0.4, 0.5) is 10.2 Å². The summed E-state index contributed by atoms with van der Waals surface area (Å²) in [5.74, 6) is 0.747. The summed E-state index contributed by atoms with van der Waals surface area (Å²) in [7, 11) is 0. The normalized spacial score (nSPS) is 19.1. The maximum atomic E-state index is 13.8. The maximum absolute atomic E-state index is 13.8. The van der Waals surface area contributed by atoms with E-state index < -0.39 is 12.0 Å². The van der Waals surface area contributed by atoms with Crippen molar-refractivity contribution in [1.82, 2.24) is 20.1 Å². The van der Waals surface area contributed by atoms with Crippen LogP contribution in [0, 0.1) is 5.82 Å². The molecule has 2 aromatic heterocycles. The van der Waals surface area contributed by atoms with Crippen molar-refractivity contribution in [2.75, 3.05) is 18.4 Å². The number of piperidine rings is 1. The molecule has 0 amide bonds. The van der Waals surface area contributed by atoms with E-state index in [1.807, 2.05) is 16.9 Å². The van der Waals surface area contributed by atoms with Gasteiger partial charge in [0.2, 0.25) is 0 Å². The molecule has 4 heterocycles. The van der Waals surface area contributed by atoms with Crippen molar-refractivity contribution in [2.45, 2.75) is 25.1 Å². The minimum Gasteiger partial charge on any atom is -0.462 e. The van der Waals surface area contributed by atoms with Gasteiger partial charge in [0.05, 0.1) is 17.3 Å². The predicted octanol–water partition coefficient (Wildman–Crippen LogP) is 4.17. The van der Waals surface area contributed by atoms with Gasteiger partial charge in [0, 0.05) is 29.1 Å². The second kappa shape index (κ2) is 7.07. The van der Waals surface area contributed by atoms with E-state index in [4.69, 9.17) is 16.3 Å². The lowest BCUT2D eigenvalue weighted by Gasteiger charge is -2.22. The number of nitrogens with zero attached hydrogens (tertiary/aromatic N) is 3. The molecule has 0 radical (unpaired) electrons. The zero-order valence-electron chi connectivity index (χ0n) is 15.0. The number of ether oxygens (including phenoxy) is 1. The van der Waals surface area contributed by atoms with Crippen molar-refractivity contribution < 1.29 is 9.13 Å². The quantitative estimate of drug-likeness (QED) is 0.692. The number of fused-ring (bicyclic) bond motifs is 1. The van der Waals surface area contributed by atoms with Gasteiger partial charge in [-0.05, 0) is 38.1 Å². The molecule has 2 N–H and O–H groups in total. The summed E-state index contributed by atoms with van der Waals surface area (Å²) in [5.41, 5.74) is 2.45. The Kier molecular flexibility index (Phi) is 4.41. The summed E-state index contributed by atoms with van der Waals surface area (Å²) in [5, 5.41) is 11.1. The lowest BCUT2D eigenvalue weighted by molar-refractivity contribution is 0.259. The first kappa shape index (κ1) is 17.5. The van der Waals surface area contributed by atoms with Crippen LogP contribution in [-0.2, 0) is 0 Å². The zero-order valence-corrected chi connectivity index (χ0v) is 15.8. The zero-order chi connectivity index (χ0) is 19.1. The van der Waals surface area contributed by atoms with E-state index in [-0.39, 0.29) is 5.02 Å². The Morgan fingerprint density at radius 3 is 2.89 bits per heavy atom. The third-order valence-corrected chi connectivity index (χ3v) is 5.65. The summed E-state index contributed by atoms with van der Waals surface area (Å²) >= 11 is 6.09. The van der Waals surface area contributed by atoms with Gasteiger partial charge in [0.25, 0.3) is 0 Å². The summed E-state index contributed by atoms with van der Waals surface area (Å²) in [6.45, 7) is 2.04. The molecule has 0 unspecified atom stereocenters. The standard InChI is InChI=1S/C20H19ClFN5O/c21-18-15(2-1-3-16(18)22)20-26-19-17(28-20)8-12(9-24-19)13-10-25-27(11-13)14-4-6-23-7-5-14/h1-3,8-11,14,20,23H,4-7H2,(H,24,26)/t20-/m0/s1. The fourth-order valence-electron chi connectivity index (χ4n) is 3.70. The van der Waals surface area contributed by atoms with Crippen LogP contribution in [0.2, 0.25) is 5.02 Å². The fraction of sp³-hybridized carbons (Fsp3) is 0.300. The Bertz CT molecular complexity index is 1020. The van der Waals surface area contributed by atoms with Crippen LogP contribution < -0.4 is 15.4 Å². The van der Waals surface area contributed by atoms with E-state index in [0.29, 0.717) is 23.2 Å². The average Bonchev–Trinajstić information content (AvgIpc) is 3.37. The predicted molar refractivity (Wildman–Crippen MR) is 105 cm³/mol. The number of anilines is 1. The molecule has 1 fully saturated rings. The molecule has 1 aromatic carbocycles. The molecule has 1 atom stereocenters. The first-order valence-electron chi connectivity index (χ1n) is 9.31. The van der Waals surface area contributed by atoms with Gasteiger partial charge in [0.1, 0.15) is 5.82 Å². The minimum atomic E-state index is -0.571. The van der Waals surface area contributed by atoms with Gasteiger partial charge in [-0.2, -0.15) is 5.10 Å². The lowest BCUT2D eigenvalue weighted by atomic mass is 10.1. The van der Waals surface area contributed by atoms with Crippen LogP contribution in [0.5, 0.6) is 5.75 Å². The first-order chi connectivity index (χ1) is 13.7. The second-order valence-electron chi connectivity index (χ2n) is 7.05. The van der Waals surface area contributed by atoms with Crippen molar-refractivity contribution in [1.29, 1.82) is 0 Å². The van der Waals surface area contributed by atoms with Crippen molar-refractivity contribution in [3.63, 3.8) is 0 Å². The average molecular weight is 400 g/mol. The van der Waals surface area contributed by atoms with E-state index >= 15 is 0 Å². The molecule has 0 bridgehead atoms. The fourth-order valence-corrected chi connectivity index (χ4v) is 3.93. The Morgan fingerprint density at radius 2 is 2.04 bits per heavy atom. The van der Waals surface area contributed by atoms with Gasteiger partial charge in [-0.15, -0.1) is 0 Å². The topological polar surface area (TPSA) is 64.0 Å². The smallest absolute Gasteiger partial charge is 0.199 e. The number of halogens is 2. The third-order valence-electron chi connectivity index (χ3n) is 5.25. The Morgan fingerprint density at radius 1 is 1.18 bits per heavy atom. The molecule has 5 rings (SSSR count). The molecule has 8 heteroatoms. The number of nitrogens with one attached hydrogen (secondary N) is 2. The summed E-state index contributed by atoms with van der Waals surface area (Å²) < 4.78 is 21.8. The van der Waals surface area contributed by atoms with Crippen LogP contribution in [0.25, 0.3) is 11.1 Å². The second-order valence-corrected chi connectivity index (χ2v) is 7.42. The van der Waals surface area contributed by atoms with Gasteiger partial charge in [0.15, 0.2) is 17.8 Å². The molecule has 0 saturated carbocycles. The number of aromatic nitrogens is 3. The van der Waals surface area contributed by atoms with Gasteiger partial charge < -0.3 is 15.4 Å². The Balaban J connectivity index is 1.38. The van der Waals surface area contributed by atoms with E-state index in [1.165, 1.54) is 6.07 Å². The van der Waals surface area contributed by atoms with E-state index in [9.17, 15) is 4.39 Å². The maximum Gasteiger partial charge on any atom is 0.199 e. The van der Waals surface area contributed by atoms with Gasteiger partial charge in [-0.1, -0.05) is 23.7 Å². The van der Waals surface area contributed by atoms with E-state index in [2.05, 4.69) is 26.9 Å². The van der Waals surface area contributed by atoms with Crippen molar-refractivity contribution in [3.8, 4) is 16.9 Å². The number of pyridine rings is 1. The molecule has 144 valence electrons. The Labute approximate surface area is 166 Å². The minimum absolute atomic E-state index is 0.0521. The van der Waals surface area contributed by atoms with Crippen molar-refractivity contribution in [3.05, 3.63) is 59.3 Å². The lowest BCUT2D eigenvalue weighted by Crippen LogP contribution is -2.29. The molecular weight excluding hydrogens is 381 g/mol. The largest absolute Gasteiger partial charge is 0.462 e. The molecule has 28 heavy (non-hydrogen) atoms. The SMILES string of the molecule is Fc1cccc([C@H]2Nc3ncc(-c4cnn(C5CCNCC5)c4)cc3O2)c1Cl. The number of hydrogen-bond donors (Lipinski definition) is 2. The molecule has 0 spiro atoms. The number of benzene rings is 1. The highest BCUT2D eigenvalue weighted by atomic mass is 35.5. The highest BCUT2D eigenvalue weighted by Crippen LogP contribution is 2.40. The Hall–Kier alpha value is -2.64. The molecule has 3 aromatic rings. The third kappa shape index (κ3) is 3.10. The molecular formula is C20H19ClFN5O. The van der Waals surface area contributed by atoms with Crippen LogP contribution in [0.1, 0.15) is 30.7 Å². The molecule has 2 aliphatic heterocycles. The first-order valence-corrected chi connectivity index (χ1v) is 9.69. The summed E-state index contributed by atoms with van der Waals surface area (Å²) in [6.07, 6.45) is 7.28. The molecule has 6 nitrogen and oxygen atoms in total. The monoisotopic (exact) mass is 399 g/mol. The van der Waals surface area contributed by atoms with E-state index in [0.717, 1.165) is 37.1 Å². The van der Waals surface area contributed by atoms with Crippen LogP contribution >= 0.6 is 11.6 Å². The van der Waals surface area contributed by atoms with Crippen LogP contribution in [-0.4, -0.2) is 27.9 Å². The van der Waals surface area contributed by atoms with Crippen LogP contribution in [0.15, 0.2) is 42.9 Å².